The number of nitrogens with one attached hydrogen (secondary N) is 1. The van der Waals surface area contributed by atoms with Crippen LogP contribution in [0.15, 0.2) is 0 Å². The van der Waals surface area contributed by atoms with Crippen LogP contribution in [0.3, 0.4) is 0 Å². The fourth-order valence-electron chi connectivity index (χ4n) is 3.47. The van der Waals surface area contributed by atoms with Crippen molar-refractivity contribution in [1.82, 2.24) is 10.2 Å². The summed E-state index contributed by atoms with van der Waals surface area (Å²) in [5, 5.41) is 3.45. The molecule has 4 nitrogen and oxygen atoms in total. The SMILES string of the molecule is CCCC1CCCN(CCC(C)(NC2CC2)C(N)=O)CC1. The maximum Gasteiger partial charge on any atom is 0.237 e. The minimum atomic E-state index is -0.531. The summed E-state index contributed by atoms with van der Waals surface area (Å²) in [4.78, 5) is 14.3. The highest BCUT2D eigenvalue weighted by Crippen LogP contribution is 2.25. The van der Waals surface area contributed by atoms with E-state index in [1.54, 1.807) is 0 Å². The van der Waals surface area contributed by atoms with Crippen LogP contribution in [-0.4, -0.2) is 42.0 Å². The molecule has 1 saturated carbocycles. The van der Waals surface area contributed by atoms with E-state index in [0.29, 0.717) is 6.04 Å². The normalized spacial score (nSPS) is 27.0. The van der Waals surface area contributed by atoms with Crippen molar-refractivity contribution in [1.29, 1.82) is 0 Å². The molecule has 0 aromatic rings. The van der Waals surface area contributed by atoms with E-state index in [2.05, 4.69) is 17.1 Å². The second-order valence-corrected chi connectivity index (χ2v) is 7.29. The van der Waals surface area contributed by atoms with Crippen LogP contribution in [0.4, 0.5) is 0 Å². The molecule has 0 spiro atoms. The highest BCUT2D eigenvalue weighted by molar-refractivity contribution is 5.84. The van der Waals surface area contributed by atoms with Crippen LogP contribution in [0.5, 0.6) is 0 Å². The van der Waals surface area contributed by atoms with E-state index in [0.717, 1.165) is 18.9 Å². The maximum atomic E-state index is 11.8. The van der Waals surface area contributed by atoms with E-state index in [1.807, 2.05) is 6.92 Å². The van der Waals surface area contributed by atoms with Gasteiger partial charge in [-0.2, -0.15) is 0 Å². The van der Waals surface area contributed by atoms with Gasteiger partial charge in [0.15, 0.2) is 0 Å². The average Bonchev–Trinajstić information content (AvgIpc) is 3.25. The van der Waals surface area contributed by atoms with Crippen LogP contribution < -0.4 is 11.1 Å². The van der Waals surface area contributed by atoms with Gasteiger partial charge in [-0.1, -0.05) is 19.8 Å². The standard InChI is InChI=1S/C17H33N3O/c1-3-5-14-6-4-11-20(12-9-14)13-10-17(2,16(18)21)19-15-7-8-15/h14-15,19H,3-13H2,1-2H3,(H2,18,21). The number of primary amides is 1. The molecule has 2 atom stereocenters. The molecular formula is C17H33N3O. The summed E-state index contributed by atoms with van der Waals surface area (Å²) in [5.74, 6) is 0.709. The van der Waals surface area contributed by atoms with Crippen LogP contribution in [0.1, 0.15) is 65.2 Å². The van der Waals surface area contributed by atoms with Crippen molar-refractivity contribution in [2.45, 2.75) is 76.8 Å². The van der Waals surface area contributed by atoms with Crippen LogP contribution in [-0.2, 0) is 4.79 Å². The summed E-state index contributed by atoms with van der Waals surface area (Å²) in [6.07, 6.45) is 9.86. The molecule has 2 aliphatic rings. The van der Waals surface area contributed by atoms with Gasteiger partial charge in [-0.05, 0) is 64.5 Å². The van der Waals surface area contributed by atoms with Gasteiger partial charge in [0.1, 0.15) is 0 Å². The van der Waals surface area contributed by atoms with E-state index in [4.69, 9.17) is 5.73 Å². The topological polar surface area (TPSA) is 58.4 Å². The summed E-state index contributed by atoms with van der Waals surface area (Å²) in [7, 11) is 0. The molecule has 0 radical (unpaired) electrons. The molecule has 2 rings (SSSR count). The van der Waals surface area contributed by atoms with Crippen LogP contribution in [0.2, 0.25) is 0 Å². The largest absolute Gasteiger partial charge is 0.368 e. The Morgan fingerprint density at radius 3 is 2.67 bits per heavy atom. The summed E-state index contributed by atoms with van der Waals surface area (Å²) >= 11 is 0. The van der Waals surface area contributed by atoms with Crippen molar-refractivity contribution < 1.29 is 4.79 Å². The van der Waals surface area contributed by atoms with Crippen molar-refractivity contribution in [3.8, 4) is 0 Å². The first kappa shape index (κ1) is 16.8. The molecule has 4 heteroatoms. The summed E-state index contributed by atoms with van der Waals surface area (Å²) < 4.78 is 0. The monoisotopic (exact) mass is 295 g/mol. The molecule has 1 saturated heterocycles. The van der Waals surface area contributed by atoms with Gasteiger partial charge < -0.3 is 16.0 Å². The Morgan fingerprint density at radius 2 is 2.05 bits per heavy atom. The lowest BCUT2D eigenvalue weighted by Crippen LogP contribution is -2.55. The van der Waals surface area contributed by atoms with Crippen LogP contribution in [0.25, 0.3) is 0 Å². The van der Waals surface area contributed by atoms with Crippen molar-refractivity contribution in [3.05, 3.63) is 0 Å². The summed E-state index contributed by atoms with van der Waals surface area (Å²) in [6.45, 7) is 7.61. The molecule has 2 unspecified atom stereocenters. The lowest BCUT2D eigenvalue weighted by atomic mass is 9.95. The molecule has 2 fully saturated rings. The first-order chi connectivity index (χ1) is 10.0. The molecule has 3 N–H and O–H groups in total. The highest BCUT2D eigenvalue weighted by atomic mass is 16.1. The van der Waals surface area contributed by atoms with Crippen LogP contribution in [0, 0.1) is 5.92 Å². The molecule has 1 amide bonds. The minimum absolute atomic E-state index is 0.201. The van der Waals surface area contributed by atoms with Crippen molar-refractivity contribution in [2.75, 3.05) is 19.6 Å². The van der Waals surface area contributed by atoms with E-state index in [1.165, 1.54) is 58.0 Å². The molecule has 0 aromatic heterocycles. The zero-order valence-electron chi connectivity index (χ0n) is 13.9. The number of carbonyl (C=O) groups is 1. The van der Waals surface area contributed by atoms with Gasteiger partial charge >= 0.3 is 0 Å². The van der Waals surface area contributed by atoms with Gasteiger partial charge in [-0.25, -0.2) is 0 Å². The number of amides is 1. The molecule has 0 bridgehead atoms. The van der Waals surface area contributed by atoms with Crippen LogP contribution >= 0.6 is 0 Å². The lowest BCUT2D eigenvalue weighted by Gasteiger charge is -2.31. The zero-order valence-corrected chi connectivity index (χ0v) is 13.9. The quantitative estimate of drug-likeness (QED) is 0.722. The Kier molecular flexibility index (Phi) is 6.06. The van der Waals surface area contributed by atoms with Gasteiger partial charge in [0.2, 0.25) is 5.91 Å². The second-order valence-electron chi connectivity index (χ2n) is 7.29. The molecule has 21 heavy (non-hydrogen) atoms. The highest BCUT2D eigenvalue weighted by Gasteiger charge is 2.37. The minimum Gasteiger partial charge on any atom is -0.368 e. The summed E-state index contributed by atoms with van der Waals surface area (Å²) in [6, 6.07) is 0.514. The first-order valence-electron chi connectivity index (χ1n) is 8.83. The number of likely N-dealkylation sites (tertiary alicyclic amines) is 1. The second kappa shape index (κ2) is 7.59. The maximum absolute atomic E-state index is 11.8. The van der Waals surface area contributed by atoms with E-state index >= 15 is 0 Å². The number of carbonyl (C=O) groups excluding carboxylic acids is 1. The van der Waals surface area contributed by atoms with Crippen molar-refractivity contribution in [3.63, 3.8) is 0 Å². The predicted molar refractivity (Wildman–Crippen MR) is 87.1 cm³/mol. The fourth-order valence-corrected chi connectivity index (χ4v) is 3.47. The number of nitrogens with zero attached hydrogens (tertiary/aromatic N) is 1. The summed E-state index contributed by atoms with van der Waals surface area (Å²) in [5.41, 5.74) is 5.10. The third kappa shape index (κ3) is 5.26. The number of hydrogen-bond acceptors (Lipinski definition) is 3. The molecule has 122 valence electrons. The van der Waals surface area contributed by atoms with Gasteiger partial charge in [0, 0.05) is 12.6 Å². The van der Waals surface area contributed by atoms with Gasteiger partial charge in [-0.3, -0.25) is 4.79 Å². The number of hydrogen-bond donors (Lipinski definition) is 2. The molecule has 0 aromatic carbocycles. The van der Waals surface area contributed by atoms with Gasteiger partial charge in [0.05, 0.1) is 5.54 Å². The Bertz CT molecular complexity index is 343. The van der Waals surface area contributed by atoms with E-state index < -0.39 is 5.54 Å². The Hall–Kier alpha value is -0.610. The fraction of sp³-hybridized carbons (Fsp3) is 0.941. The lowest BCUT2D eigenvalue weighted by molar-refractivity contribution is -0.124. The van der Waals surface area contributed by atoms with Gasteiger partial charge in [-0.15, -0.1) is 0 Å². The van der Waals surface area contributed by atoms with Gasteiger partial charge in [0.25, 0.3) is 0 Å². The van der Waals surface area contributed by atoms with Crippen molar-refractivity contribution >= 4 is 5.91 Å². The number of rotatable bonds is 8. The Labute approximate surface area is 129 Å². The average molecular weight is 295 g/mol. The number of nitrogens with two attached hydrogens (primary N) is 1. The predicted octanol–water partition coefficient (Wildman–Crippen LogP) is 2.27. The molecule has 1 heterocycles. The Balaban J connectivity index is 1.78. The molecule has 1 aliphatic carbocycles. The van der Waals surface area contributed by atoms with E-state index in [9.17, 15) is 4.79 Å². The first-order valence-corrected chi connectivity index (χ1v) is 8.83. The molecular weight excluding hydrogens is 262 g/mol. The van der Waals surface area contributed by atoms with E-state index in [-0.39, 0.29) is 5.91 Å². The van der Waals surface area contributed by atoms with Crippen molar-refractivity contribution in [2.24, 2.45) is 11.7 Å². The molecule has 1 aliphatic heterocycles. The smallest absolute Gasteiger partial charge is 0.237 e. The Morgan fingerprint density at radius 1 is 1.29 bits per heavy atom. The third-order valence-electron chi connectivity index (χ3n) is 5.21. The zero-order chi connectivity index (χ0) is 15.3. The third-order valence-corrected chi connectivity index (χ3v) is 5.21.